The van der Waals surface area contributed by atoms with Crippen molar-refractivity contribution in [1.29, 1.82) is 0 Å². The van der Waals surface area contributed by atoms with E-state index in [9.17, 15) is 19.4 Å². The summed E-state index contributed by atoms with van der Waals surface area (Å²) in [5, 5.41) is 21.2. The van der Waals surface area contributed by atoms with Gasteiger partial charge in [-0.3, -0.25) is 0 Å². The number of phenolic OH excluding ortho intramolecular Hbond substituents is 1. The number of aromatic hydroxyl groups is 1. The van der Waals surface area contributed by atoms with Crippen LogP contribution in [0.15, 0.2) is 39.5 Å². The van der Waals surface area contributed by atoms with E-state index in [1.165, 1.54) is 25.3 Å². The second kappa shape index (κ2) is 8.00. The number of halogens is 1. The number of aromatic nitrogens is 2. The molecular weight excluding hydrogens is 429 g/mol. The smallest absolute Gasteiger partial charge is 0.349 e. The monoisotopic (exact) mass is 451 g/mol. The second-order valence-electron chi connectivity index (χ2n) is 8.17. The summed E-state index contributed by atoms with van der Waals surface area (Å²) in [6, 6.07) is 7.39. The van der Waals surface area contributed by atoms with Crippen LogP contribution in [0.1, 0.15) is 18.4 Å². The highest BCUT2D eigenvalue weighted by atomic mass is 19.1. The van der Waals surface area contributed by atoms with Crippen LogP contribution in [0.25, 0.3) is 33.0 Å². The van der Waals surface area contributed by atoms with E-state index in [0.717, 1.165) is 6.42 Å². The molecule has 0 aliphatic carbocycles. The van der Waals surface area contributed by atoms with Crippen molar-refractivity contribution in [3.05, 3.63) is 52.1 Å². The van der Waals surface area contributed by atoms with E-state index in [4.69, 9.17) is 9.15 Å². The highest BCUT2D eigenvalue weighted by molar-refractivity contribution is 6.00. The molecule has 0 spiro atoms. The summed E-state index contributed by atoms with van der Waals surface area (Å²) in [5.74, 6) is -0.170. The highest BCUT2D eigenvalue weighted by Gasteiger charge is 2.27. The standard InChI is InChI=1S/C24H22FN3O5/c1-12-20-19(22(27-24(26-20)32-2)28-8-4-6-14(29)11-28)23(31)33-21(12)16-10-15(30)9-13-5-3-7-17(25)18(13)16/h3,5,7,9-10,14,29-30H,4,6,8,11H2,1-2H3. The number of β-amino-alcohol motifs (C(OH)–C–C–N with tert-alkyl or cyclic N) is 1. The molecule has 1 fully saturated rings. The molecule has 1 atom stereocenters. The van der Waals surface area contributed by atoms with Crippen molar-refractivity contribution in [3.8, 4) is 23.1 Å². The van der Waals surface area contributed by atoms with Crippen molar-refractivity contribution in [3.63, 3.8) is 0 Å². The Morgan fingerprint density at radius 1 is 1.24 bits per heavy atom. The first-order valence-electron chi connectivity index (χ1n) is 10.6. The lowest BCUT2D eigenvalue weighted by Crippen LogP contribution is -2.39. The van der Waals surface area contributed by atoms with Crippen molar-refractivity contribution in [2.75, 3.05) is 25.1 Å². The van der Waals surface area contributed by atoms with Crippen LogP contribution in [0.3, 0.4) is 0 Å². The Morgan fingerprint density at radius 3 is 2.82 bits per heavy atom. The Bertz CT molecular complexity index is 1450. The van der Waals surface area contributed by atoms with Gasteiger partial charge in [-0.05, 0) is 43.4 Å². The quantitative estimate of drug-likeness (QED) is 0.487. The maximum absolute atomic E-state index is 14.8. The third-order valence-electron chi connectivity index (χ3n) is 6.00. The Morgan fingerprint density at radius 2 is 2.06 bits per heavy atom. The molecule has 4 aromatic rings. The number of aliphatic hydroxyl groups is 1. The van der Waals surface area contributed by atoms with Crippen molar-refractivity contribution >= 4 is 27.5 Å². The summed E-state index contributed by atoms with van der Waals surface area (Å²) < 4.78 is 25.8. The van der Waals surface area contributed by atoms with Gasteiger partial charge in [0.1, 0.15) is 22.7 Å². The van der Waals surface area contributed by atoms with Crippen LogP contribution in [0.5, 0.6) is 11.8 Å². The third-order valence-corrected chi connectivity index (χ3v) is 6.00. The van der Waals surface area contributed by atoms with E-state index in [2.05, 4.69) is 9.97 Å². The predicted molar refractivity (Wildman–Crippen MR) is 121 cm³/mol. The molecule has 0 radical (unpaired) electrons. The summed E-state index contributed by atoms with van der Waals surface area (Å²) in [4.78, 5) is 23.8. The number of fused-ring (bicyclic) bond motifs is 2. The number of phenols is 1. The molecule has 2 aromatic carbocycles. The summed E-state index contributed by atoms with van der Waals surface area (Å²) in [6.07, 6.45) is 0.875. The average Bonchev–Trinajstić information content (AvgIpc) is 2.80. The van der Waals surface area contributed by atoms with Crippen LogP contribution in [0, 0.1) is 12.7 Å². The molecule has 0 bridgehead atoms. The van der Waals surface area contributed by atoms with Gasteiger partial charge in [0, 0.05) is 29.6 Å². The molecule has 1 aliphatic rings. The van der Waals surface area contributed by atoms with Crippen molar-refractivity contribution < 1.29 is 23.8 Å². The Labute approximate surface area is 187 Å². The van der Waals surface area contributed by atoms with E-state index in [-0.39, 0.29) is 33.9 Å². The molecule has 170 valence electrons. The molecule has 0 saturated carbocycles. The minimum atomic E-state index is -0.698. The zero-order chi connectivity index (χ0) is 23.3. The molecule has 1 unspecified atom stereocenters. The topological polar surface area (TPSA) is 109 Å². The third kappa shape index (κ3) is 3.54. The lowest BCUT2D eigenvalue weighted by Gasteiger charge is -2.31. The van der Waals surface area contributed by atoms with Crippen molar-refractivity contribution in [2.45, 2.75) is 25.9 Å². The average molecular weight is 451 g/mol. The maximum atomic E-state index is 14.8. The molecule has 5 rings (SSSR count). The Hall–Kier alpha value is -3.72. The van der Waals surface area contributed by atoms with Crippen molar-refractivity contribution in [2.24, 2.45) is 0 Å². The van der Waals surface area contributed by atoms with Gasteiger partial charge >= 0.3 is 11.6 Å². The number of ether oxygens (including phenoxy) is 1. The number of hydrogen-bond donors (Lipinski definition) is 2. The molecule has 1 aliphatic heterocycles. The maximum Gasteiger partial charge on any atom is 0.349 e. The normalized spacial score (nSPS) is 16.5. The SMILES string of the molecule is COc1nc(N2CCCC(O)C2)c2c(=O)oc(-c3cc(O)cc4cccc(F)c34)c(C)c2n1. The number of hydrogen-bond acceptors (Lipinski definition) is 8. The fourth-order valence-corrected chi connectivity index (χ4v) is 4.49. The molecule has 1 saturated heterocycles. The first kappa shape index (κ1) is 21.1. The van der Waals surface area contributed by atoms with Crippen LogP contribution in [0.4, 0.5) is 10.2 Å². The van der Waals surface area contributed by atoms with Gasteiger partial charge in [0.2, 0.25) is 0 Å². The van der Waals surface area contributed by atoms with Gasteiger partial charge in [0.05, 0.1) is 18.7 Å². The van der Waals surface area contributed by atoms with E-state index in [0.29, 0.717) is 41.8 Å². The number of rotatable bonds is 3. The molecule has 2 aromatic heterocycles. The van der Waals surface area contributed by atoms with E-state index in [1.54, 1.807) is 19.1 Å². The molecular formula is C24H22FN3O5. The van der Waals surface area contributed by atoms with Crippen LogP contribution in [-0.4, -0.2) is 46.5 Å². The van der Waals surface area contributed by atoms with Crippen LogP contribution < -0.4 is 15.3 Å². The van der Waals surface area contributed by atoms with Gasteiger partial charge in [-0.1, -0.05) is 12.1 Å². The van der Waals surface area contributed by atoms with Gasteiger partial charge in [-0.2, -0.15) is 9.97 Å². The molecule has 0 amide bonds. The summed E-state index contributed by atoms with van der Waals surface area (Å²) in [7, 11) is 1.43. The van der Waals surface area contributed by atoms with Gasteiger partial charge in [0.15, 0.2) is 5.82 Å². The summed E-state index contributed by atoms with van der Waals surface area (Å²) in [5.41, 5.74) is 0.318. The minimum absolute atomic E-state index is 0.0594. The number of aliphatic hydroxyl groups excluding tert-OH is 1. The molecule has 8 nitrogen and oxygen atoms in total. The largest absolute Gasteiger partial charge is 0.508 e. The summed E-state index contributed by atoms with van der Waals surface area (Å²) >= 11 is 0. The number of anilines is 1. The van der Waals surface area contributed by atoms with Gasteiger partial charge < -0.3 is 24.3 Å². The second-order valence-corrected chi connectivity index (χ2v) is 8.17. The first-order chi connectivity index (χ1) is 15.9. The Kier molecular flexibility index (Phi) is 5.13. The lowest BCUT2D eigenvalue weighted by atomic mass is 9.98. The minimum Gasteiger partial charge on any atom is -0.508 e. The molecule has 33 heavy (non-hydrogen) atoms. The van der Waals surface area contributed by atoms with Gasteiger partial charge in [-0.25, -0.2) is 9.18 Å². The highest BCUT2D eigenvalue weighted by Crippen LogP contribution is 2.38. The molecule has 9 heteroatoms. The summed E-state index contributed by atoms with van der Waals surface area (Å²) in [6.45, 7) is 2.63. The van der Waals surface area contributed by atoms with E-state index < -0.39 is 17.5 Å². The fraction of sp³-hybridized carbons (Fsp3) is 0.292. The predicted octanol–water partition coefficient (Wildman–Crippen LogP) is 3.53. The zero-order valence-corrected chi connectivity index (χ0v) is 18.1. The van der Waals surface area contributed by atoms with Crippen molar-refractivity contribution in [1.82, 2.24) is 9.97 Å². The van der Waals surface area contributed by atoms with E-state index in [1.807, 2.05) is 4.90 Å². The van der Waals surface area contributed by atoms with Crippen LogP contribution >= 0.6 is 0 Å². The van der Waals surface area contributed by atoms with Crippen LogP contribution in [-0.2, 0) is 0 Å². The first-order valence-corrected chi connectivity index (χ1v) is 10.6. The Balaban J connectivity index is 1.82. The van der Waals surface area contributed by atoms with Crippen LogP contribution in [0.2, 0.25) is 0 Å². The van der Waals surface area contributed by atoms with Gasteiger partial charge in [-0.15, -0.1) is 0 Å². The number of methoxy groups -OCH3 is 1. The molecule has 2 N–H and O–H groups in total. The number of nitrogens with zero attached hydrogens (tertiary/aromatic N) is 3. The molecule has 3 heterocycles. The number of aryl methyl sites for hydroxylation is 1. The van der Waals surface area contributed by atoms with E-state index >= 15 is 0 Å². The zero-order valence-electron chi connectivity index (χ0n) is 18.1. The number of piperidine rings is 1. The fourth-order valence-electron chi connectivity index (χ4n) is 4.49. The number of benzene rings is 2. The van der Waals surface area contributed by atoms with Gasteiger partial charge in [0.25, 0.3) is 0 Å². The lowest BCUT2D eigenvalue weighted by molar-refractivity contribution is 0.154.